The molecule has 70 valence electrons. The summed E-state index contributed by atoms with van der Waals surface area (Å²) in [6.07, 6.45) is 1.71. The molecule has 0 aliphatic carbocycles. The minimum atomic E-state index is -0.392. The maximum Gasteiger partial charge on any atom is 0.340 e. The Morgan fingerprint density at radius 3 is 2.92 bits per heavy atom. The van der Waals surface area contributed by atoms with E-state index >= 15 is 0 Å². The number of thiazole rings is 1. The fourth-order valence-corrected chi connectivity index (χ4v) is 1.52. The van der Waals surface area contributed by atoms with Gasteiger partial charge in [0.1, 0.15) is 5.01 Å². The molecule has 3 nitrogen and oxygen atoms in total. The molecule has 1 aromatic heterocycles. The molecule has 0 atom stereocenters. The summed E-state index contributed by atoms with van der Waals surface area (Å²) in [4.78, 5) is 16.3. The first kappa shape index (κ1) is 9.92. The van der Waals surface area contributed by atoms with E-state index in [1.807, 2.05) is 6.92 Å². The quantitative estimate of drug-likeness (QED) is 0.549. The van der Waals surface area contributed by atoms with E-state index in [1.165, 1.54) is 11.3 Å². The number of esters is 1. The van der Waals surface area contributed by atoms with Crippen LogP contribution in [0.2, 0.25) is 0 Å². The van der Waals surface area contributed by atoms with Crippen molar-refractivity contribution in [2.75, 3.05) is 6.61 Å². The predicted octanol–water partition coefficient (Wildman–Crippen LogP) is 2.03. The van der Waals surface area contributed by atoms with Crippen molar-refractivity contribution >= 4 is 22.9 Å². The summed E-state index contributed by atoms with van der Waals surface area (Å²) in [5, 5.41) is 0.635. The summed E-state index contributed by atoms with van der Waals surface area (Å²) in [5.41, 5.74) is 0.333. The van der Waals surface area contributed by atoms with Gasteiger partial charge < -0.3 is 4.74 Å². The number of rotatable bonds is 3. The van der Waals surface area contributed by atoms with Crippen LogP contribution in [-0.2, 0) is 9.53 Å². The molecule has 0 fully saturated rings. The van der Waals surface area contributed by atoms with Gasteiger partial charge in [-0.15, -0.1) is 11.3 Å². The fraction of sp³-hybridized carbons (Fsp3) is 0.333. The molecule has 0 aliphatic rings. The third-order valence-electron chi connectivity index (χ3n) is 1.40. The zero-order valence-corrected chi connectivity index (χ0v) is 8.48. The van der Waals surface area contributed by atoms with Gasteiger partial charge in [0.15, 0.2) is 0 Å². The molecular weight excluding hydrogens is 186 g/mol. The molecule has 0 aliphatic heterocycles. The van der Waals surface area contributed by atoms with Gasteiger partial charge >= 0.3 is 5.97 Å². The van der Waals surface area contributed by atoms with E-state index in [0.717, 1.165) is 4.88 Å². The minimum Gasteiger partial charge on any atom is -0.462 e. The Morgan fingerprint density at radius 1 is 1.77 bits per heavy atom. The standard InChI is InChI=1S/C9H11NO2S/c1-4-12-9(11)7(3)8-10-5-6(2)13-8/h5H,3-4H2,1-2H3. The highest BCUT2D eigenvalue weighted by molar-refractivity contribution is 7.13. The third kappa shape index (κ3) is 2.39. The van der Waals surface area contributed by atoms with Gasteiger partial charge in [0.05, 0.1) is 12.2 Å². The summed E-state index contributed by atoms with van der Waals surface area (Å²) in [5.74, 6) is -0.392. The predicted molar refractivity (Wildman–Crippen MR) is 52.5 cm³/mol. The van der Waals surface area contributed by atoms with Crippen molar-refractivity contribution in [3.8, 4) is 0 Å². The maximum absolute atomic E-state index is 11.2. The van der Waals surface area contributed by atoms with E-state index in [0.29, 0.717) is 17.2 Å². The first-order valence-corrected chi connectivity index (χ1v) is 4.75. The van der Waals surface area contributed by atoms with Crippen molar-refractivity contribution in [2.24, 2.45) is 0 Å². The molecule has 0 bridgehead atoms. The lowest BCUT2D eigenvalue weighted by Crippen LogP contribution is -2.05. The second-order valence-electron chi connectivity index (χ2n) is 2.48. The average molecular weight is 197 g/mol. The van der Waals surface area contributed by atoms with Crippen molar-refractivity contribution in [3.63, 3.8) is 0 Å². The average Bonchev–Trinajstić information content (AvgIpc) is 2.51. The van der Waals surface area contributed by atoms with Crippen molar-refractivity contribution < 1.29 is 9.53 Å². The number of aromatic nitrogens is 1. The lowest BCUT2D eigenvalue weighted by atomic mass is 10.3. The van der Waals surface area contributed by atoms with Gasteiger partial charge in [-0.25, -0.2) is 9.78 Å². The van der Waals surface area contributed by atoms with Gasteiger partial charge in [-0.2, -0.15) is 0 Å². The lowest BCUT2D eigenvalue weighted by Gasteiger charge is -2.00. The van der Waals surface area contributed by atoms with Gasteiger partial charge in [-0.3, -0.25) is 0 Å². The summed E-state index contributed by atoms with van der Waals surface area (Å²) >= 11 is 1.44. The van der Waals surface area contributed by atoms with E-state index in [2.05, 4.69) is 11.6 Å². The molecule has 0 aromatic carbocycles. The van der Waals surface area contributed by atoms with E-state index in [9.17, 15) is 4.79 Å². The summed E-state index contributed by atoms with van der Waals surface area (Å²) in [6, 6.07) is 0. The third-order valence-corrected chi connectivity index (χ3v) is 2.37. The Kier molecular flexibility index (Phi) is 3.19. The van der Waals surface area contributed by atoms with E-state index in [-0.39, 0.29) is 0 Å². The largest absolute Gasteiger partial charge is 0.462 e. The Bertz CT molecular complexity index is 330. The van der Waals surface area contributed by atoms with Crippen LogP contribution in [0.25, 0.3) is 5.57 Å². The zero-order valence-electron chi connectivity index (χ0n) is 7.66. The van der Waals surface area contributed by atoms with E-state index in [4.69, 9.17) is 4.74 Å². The molecule has 0 spiro atoms. The van der Waals surface area contributed by atoms with Crippen molar-refractivity contribution in [1.29, 1.82) is 0 Å². The summed E-state index contributed by atoms with van der Waals surface area (Å²) in [6.45, 7) is 7.69. The molecule has 13 heavy (non-hydrogen) atoms. The Hall–Kier alpha value is -1.16. The van der Waals surface area contributed by atoms with E-state index < -0.39 is 5.97 Å². The number of hydrogen-bond donors (Lipinski definition) is 0. The molecular formula is C9H11NO2S. The SMILES string of the molecule is C=C(C(=O)OCC)c1ncc(C)s1. The summed E-state index contributed by atoms with van der Waals surface area (Å²) < 4.78 is 4.80. The number of carbonyl (C=O) groups excluding carboxylic acids is 1. The van der Waals surface area contributed by atoms with Crippen LogP contribution in [0.15, 0.2) is 12.8 Å². The van der Waals surface area contributed by atoms with Crippen molar-refractivity contribution in [3.05, 3.63) is 22.7 Å². The zero-order chi connectivity index (χ0) is 9.84. The van der Waals surface area contributed by atoms with Crippen molar-refractivity contribution in [2.45, 2.75) is 13.8 Å². The molecule has 1 aromatic rings. The Morgan fingerprint density at radius 2 is 2.46 bits per heavy atom. The first-order chi connectivity index (χ1) is 6.15. The highest BCUT2D eigenvalue weighted by atomic mass is 32.1. The molecule has 1 rings (SSSR count). The second-order valence-corrected chi connectivity index (χ2v) is 3.71. The Labute approximate surface area is 81.1 Å². The van der Waals surface area contributed by atoms with Gasteiger partial charge in [0.2, 0.25) is 0 Å². The first-order valence-electron chi connectivity index (χ1n) is 3.94. The van der Waals surface area contributed by atoms with Crippen LogP contribution < -0.4 is 0 Å². The van der Waals surface area contributed by atoms with Crippen LogP contribution >= 0.6 is 11.3 Å². The molecule has 0 unspecified atom stereocenters. The molecule has 4 heteroatoms. The number of nitrogens with zero attached hydrogens (tertiary/aromatic N) is 1. The molecule has 0 N–H and O–H groups in total. The van der Waals surface area contributed by atoms with Crippen LogP contribution in [0.3, 0.4) is 0 Å². The molecule has 0 saturated carbocycles. The number of hydrogen-bond acceptors (Lipinski definition) is 4. The van der Waals surface area contributed by atoms with Gasteiger partial charge in [0.25, 0.3) is 0 Å². The fourth-order valence-electron chi connectivity index (χ4n) is 0.800. The molecule has 0 radical (unpaired) electrons. The minimum absolute atomic E-state index is 0.333. The van der Waals surface area contributed by atoms with Crippen molar-refractivity contribution in [1.82, 2.24) is 4.98 Å². The van der Waals surface area contributed by atoms with Gasteiger partial charge in [-0.1, -0.05) is 6.58 Å². The van der Waals surface area contributed by atoms with Crippen LogP contribution in [0.4, 0.5) is 0 Å². The molecule has 0 amide bonds. The molecule has 0 saturated heterocycles. The van der Waals surface area contributed by atoms with E-state index in [1.54, 1.807) is 13.1 Å². The smallest absolute Gasteiger partial charge is 0.340 e. The molecule has 1 heterocycles. The number of carbonyl (C=O) groups is 1. The van der Waals surface area contributed by atoms with Crippen LogP contribution in [0, 0.1) is 6.92 Å². The summed E-state index contributed by atoms with van der Waals surface area (Å²) in [7, 11) is 0. The Balaban J connectivity index is 2.73. The van der Waals surface area contributed by atoms with Gasteiger partial charge in [0, 0.05) is 11.1 Å². The highest BCUT2D eigenvalue weighted by Crippen LogP contribution is 2.19. The number of ether oxygens (including phenoxy) is 1. The monoisotopic (exact) mass is 197 g/mol. The van der Waals surface area contributed by atoms with Gasteiger partial charge in [-0.05, 0) is 13.8 Å². The topological polar surface area (TPSA) is 39.2 Å². The second kappa shape index (κ2) is 4.18. The number of aryl methyl sites for hydroxylation is 1. The van der Waals surface area contributed by atoms with Crippen LogP contribution in [0.5, 0.6) is 0 Å². The van der Waals surface area contributed by atoms with Crippen LogP contribution in [-0.4, -0.2) is 17.6 Å². The maximum atomic E-state index is 11.2. The lowest BCUT2D eigenvalue weighted by molar-refractivity contribution is -0.136. The van der Waals surface area contributed by atoms with Crippen LogP contribution in [0.1, 0.15) is 16.8 Å². The highest BCUT2D eigenvalue weighted by Gasteiger charge is 2.12. The normalized spacial score (nSPS) is 9.69.